The van der Waals surface area contributed by atoms with E-state index < -0.39 is 6.17 Å². The number of rotatable bonds is 4. The van der Waals surface area contributed by atoms with Crippen molar-refractivity contribution in [3.63, 3.8) is 0 Å². The first-order chi connectivity index (χ1) is 11.2. The maximum Gasteiger partial charge on any atom is 0.126 e. The molecule has 0 atom stereocenters. The van der Waals surface area contributed by atoms with E-state index in [-0.39, 0.29) is 26.4 Å². The van der Waals surface area contributed by atoms with Crippen molar-refractivity contribution in [2.75, 3.05) is 0 Å². The lowest BCUT2D eigenvalue weighted by atomic mass is 9.62. The summed E-state index contributed by atoms with van der Waals surface area (Å²) in [5.41, 5.74) is 0.990. The molecule has 1 aliphatic heterocycles. The third kappa shape index (κ3) is 2.39. The Balaban J connectivity index is 1.53. The lowest BCUT2D eigenvalue weighted by Gasteiger charge is -2.47. The van der Waals surface area contributed by atoms with E-state index in [4.69, 9.17) is 14.8 Å². The first kappa shape index (κ1) is 14.8. The topological polar surface area (TPSA) is 15.6 Å². The van der Waals surface area contributed by atoms with Crippen LogP contribution in [0.5, 0.6) is 0 Å². The maximum absolute atomic E-state index is 13.9. The van der Waals surface area contributed by atoms with Gasteiger partial charge in [0, 0.05) is 38.0 Å². The highest BCUT2D eigenvalue weighted by Gasteiger charge is 2.56. The number of hydrogen-bond donors (Lipinski definition) is 0. The molecule has 0 spiro atoms. The highest BCUT2D eigenvalue weighted by Crippen LogP contribution is 2.53. The molecule has 4 aliphatic rings. The summed E-state index contributed by atoms with van der Waals surface area (Å²) in [6.07, 6.45) is 5.68. The van der Waals surface area contributed by atoms with Gasteiger partial charge in [-0.15, -0.1) is 0 Å². The smallest absolute Gasteiger partial charge is 0.126 e. The standard InChI is InChI=1S/C18H19ClFIN2/c19-13-5-3-12(4-6-13)18(9-14(20)10-18)17-22-21-16(11-1-2-11)23(17)15-7-8-15/h3-6,11,14-15H,1-2,7-10H2/t14-,18-. The summed E-state index contributed by atoms with van der Waals surface area (Å²) in [4.78, 5) is 2.57. The van der Waals surface area contributed by atoms with Crippen molar-refractivity contribution in [1.29, 1.82) is 0 Å². The molecule has 3 aliphatic carbocycles. The number of alkyl halides is 1. The Bertz CT molecular complexity index is 700. The van der Waals surface area contributed by atoms with E-state index in [9.17, 15) is 4.39 Å². The van der Waals surface area contributed by atoms with E-state index in [1.807, 2.05) is 12.1 Å². The molecule has 3 fully saturated rings. The third-order valence-corrected chi connectivity index (χ3v) is 8.30. The molecule has 5 rings (SSSR count). The largest absolute Gasteiger partial charge is 0.323 e. The molecule has 122 valence electrons. The highest BCUT2D eigenvalue weighted by molar-refractivity contribution is 14.2. The lowest BCUT2D eigenvalue weighted by Crippen LogP contribution is -2.56. The Hall–Kier alpha value is -0.490. The minimum Gasteiger partial charge on any atom is -0.323 e. The molecule has 0 radical (unpaired) electrons. The minimum atomic E-state index is -0.697. The number of halogens is 3. The zero-order valence-electron chi connectivity index (χ0n) is 12.8. The molecule has 0 N–H and O–H groups in total. The molecule has 1 aromatic carbocycles. The second-order valence-electron chi connectivity index (χ2n) is 7.29. The monoisotopic (exact) mass is 444 g/mol. The Kier molecular flexibility index (Phi) is 3.38. The van der Waals surface area contributed by atoms with Crippen LogP contribution in [0.25, 0.3) is 0 Å². The number of nitrogens with zero attached hydrogens (tertiary/aromatic N) is 2. The average molecular weight is 445 g/mol. The van der Waals surface area contributed by atoms with Crippen molar-refractivity contribution in [1.82, 2.24) is 4.90 Å². The van der Waals surface area contributed by atoms with Gasteiger partial charge >= 0.3 is 0 Å². The van der Waals surface area contributed by atoms with Gasteiger partial charge in [-0.2, -0.15) is 0 Å². The minimum absolute atomic E-state index is 0.205. The average Bonchev–Trinajstić information content (AvgIpc) is 3.43. The van der Waals surface area contributed by atoms with Crippen LogP contribution in [0.4, 0.5) is 4.39 Å². The summed E-state index contributed by atoms with van der Waals surface area (Å²) < 4.78 is 20.6. The molecule has 0 bridgehead atoms. The van der Waals surface area contributed by atoms with Crippen LogP contribution in [0.2, 0.25) is 5.02 Å². The first-order valence-corrected chi connectivity index (χ1v) is 10.9. The molecule has 3 saturated carbocycles. The summed E-state index contributed by atoms with van der Waals surface area (Å²) in [7, 11) is 0. The van der Waals surface area contributed by atoms with Crippen LogP contribution in [0, 0.1) is 5.92 Å². The van der Waals surface area contributed by atoms with Crippen molar-refractivity contribution in [3.8, 4) is 0 Å². The highest BCUT2D eigenvalue weighted by atomic mass is 127. The van der Waals surface area contributed by atoms with Gasteiger partial charge in [-0.1, -0.05) is 23.7 Å². The van der Waals surface area contributed by atoms with Gasteiger partial charge in [0.05, 0.1) is 9.05 Å². The SMILES string of the molecule is F[C@H]1C[C@@](C2=NI=C(C3CC3)N2C2CC2)(c2ccc(Cl)cc2)C1. The van der Waals surface area contributed by atoms with Crippen LogP contribution in [-0.4, -0.2) is 26.6 Å². The quantitative estimate of drug-likeness (QED) is 0.596. The molecule has 5 heteroatoms. The van der Waals surface area contributed by atoms with Crippen molar-refractivity contribution < 1.29 is 4.39 Å². The second-order valence-corrected chi connectivity index (χ2v) is 9.79. The van der Waals surface area contributed by atoms with Crippen LogP contribution in [-0.2, 0) is 5.41 Å². The molecule has 1 aromatic rings. The predicted molar refractivity (Wildman–Crippen MR) is 101 cm³/mol. The Morgan fingerprint density at radius 1 is 1.13 bits per heavy atom. The van der Waals surface area contributed by atoms with Gasteiger partial charge in [-0.25, -0.2) is 7.60 Å². The zero-order valence-corrected chi connectivity index (χ0v) is 15.7. The van der Waals surface area contributed by atoms with Crippen LogP contribution in [0.3, 0.4) is 0 Å². The van der Waals surface area contributed by atoms with Crippen molar-refractivity contribution in [3.05, 3.63) is 34.9 Å². The first-order valence-electron chi connectivity index (χ1n) is 8.46. The second kappa shape index (κ2) is 5.25. The van der Waals surface area contributed by atoms with Gasteiger partial charge in [0.25, 0.3) is 0 Å². The molecule has 2 nitrogen and oxygen atoms in total. The number of amidine groups is 1. The van der Waals surface area contributed by atoms with Crippen LogP contribution >= 0.6 is 32.6 Å². The number of benzene rings is 1. The Morgan fingerprint density at radius 2 is 1.83 bits per heavy atom. The Labute approximate surface area is 151 Å². The normalized spacial score (nSPS) is 33.7. The maximum atomic E-state index is 13.9. The van der Waals surface area contributed by atoms with E-state index in [0.29, 0.717) is 18.9 Å². The van der Waals surface area contributed by atoms with Gasteiger partial charge in [0.1, 0.15) is 12.0 Å². The fourth-order valence-corrected chi connectivity index (χ4v) is 7.02. The van der Waals surface area contributed by atoms with E-state index >= 15 is 0 Å². The summed E-state index contributed by atoms with van der Waals surface area (Å²) >= 11 is 5.82. The zero-order chi connectivity index (χ0) is 15.6. The molecule has 0 aromatic heterocycles. The van der Waals surface area contributed by atoms with Crippen LogP contribution < -0.4 is 0 Å². The summed E-state index contributed by atoms with van der Waals surface area (Å²) in [5.74, 6) is 1.99. The fraction of sp³-hybridized carbons (Fsp3) is 0.556. The molecule has 0 amide bonds. The van der Waals surface area contributed by atoms with Crippen molar-refractivity contribution in [2.45, 2.75) is 56.2 Å². The number of hydrogen-bond acceptors (Lipinski definition) is 2. The lowest BCUT2D eigenvalue weighted by molar-refractivity contribution is 0.135. The summed E-state index contributed by atoms with van der Waals surface area (Å²) in [6, 6.07) is 8.67. The van der Waals surface area contributed by atoms with Gasteiger partial charge < -0.3 is 4.90 Å². The van der Waals surface area contributed by atoms with Crippen LogP contribution in [0.1, 0.15) is 44.1 Å². The Morgan fingerprint density at radius 3 is 2.39 bits per heavy atom. The van der Waals surface area contributed by atoms with Gasteiger partial charge in [0.2, 0.25) is 0 Å². The van der Waals surface area contributed by atoms with Gasteiger partial charge in [-0.05, 0) is 56.2 Å². The van der Waals surface area contributed by atoms with Crippen LogP contribution in [0.15, 0.2) is 27.5 Å². The van der Waals surface area contributed by atoms with Gasteiger partial charge in [-0.3, -0.25) is 0 Å². The molecular formula is C18H19ClFIN2. The van der Waals surface area contributed by atoms with E-state index in [1.165, 1.54) is 37.1 Å². The molecular weight excluding hydrogens is 426 g/mol. The van der Waals surface area contributed by atoms with E-state index in [1.54, 1.807) is 3.63 Å². The van der Waals surface area contributed by atoms with Crippen molar-refractivity contribution >= 4 is 42.1 Å². The van der Waals surface area contributed by atoms with E-state index in [2.05, 4.69) is 17.0 Å². The predicted octanol–water partition coefficient (Wildman–Crippen LogP) is 5.01. The van der Waals surface area contributed by atoms with E-state index in [0.717, 1.165) is 10.9 Å². The molecule has 0 saturated heterocycles. The third-order valence-electron chi connectivity index (χ3n) is 5.46. The molecule has 23 heavy (non-hydrogen) atoms. The fourth-order valence-electron chi connectivity index (χ4n) is 3.86. The summed E-state index contributed by atoms with van der Waals surface area (Å²) in [5, 5.41) is 0.741. The molecule has 0 unspecified atom stereocenters. The summed E-state index contributed by atoms with van der Waals surface area (Å²) in [6.45, 7) is 0. The van der Waals surface area contributed by atoms with Crippen molar-refractivity contribution in [2.24, 2.45) is 9.12 Å². The van der Waals surface area contributed by atoms with Gasteiger partial charge in [0.15, 0.2) is 0 Å². The molecule has 1 heterocycles.